The lowest BCUT2D eigenvalue weighted by molar-refractivity contribution is -0.166. The number of ether oxygens (including phenoxy) is 3. The van der Waals surface area contributed by atoms with Crippen molar-refractivity contribution >= 4 is 17.9 Å². The lowest BCUT2D eigenvalue weighted by atomic mass is 10.0. The summed E-state index contributed by atoms with van der Waals surface area (Å²) in [7, 11) is 0. The summed E-state index contributed by atoms with van der Waals surface area (Å²) in [5.74, 6) is -1.01. The molecular formula is C74H134O6. The highest BCUT2D eigenvalue weighted by Crippen LogP contribution is 2.19. The first kappa shape index (κ1) is 77.1. The summed E-state index contributed by atoms with van der Waals surface area (Å²) in [6, 6.07) is 0. The van der Waals surface area contributed by atoms with Gasteiger partial charge in [0, 0.05) is 12.8 Å². The monoisotopic (exact) mass is 1120 g/mol. The second-order valence-electron chi connectivity index (χ2n) is 23.8. The predicted octanol–water partition coefficient (Wildman–Crippen LogP) is 24.3. The Bertz CT molecular complexity index is 1430. The van der Waals surface area contributed by atoms with Crippen LogP contribution in [0.3, 0.4) is 0 Å². The molecule has 0 saturated carbocycles. The van der Waals surface area contributed by atoms with E-state index in [0.717, 1.165) is 70.6 Å². The zero-order valence-electron chi connectivity index (χ0n) is 53.6. The van der Waals surface area contributed by atoms with E-state index in [-0.39, 0.29) is 31.6 Å². The minimum Gasteiger partial charge on any atom is -0.462 e. The van der Waals surface area contributed by atoms with Crippen molar-refractivity contribution in [2.45, 2.75) is 380 Å². The Morgan fingerprint density at radius 2 is 0.487 bits per heavy atom. The Morgan fingerprint density at radius 3 is 0.762 bits per heavy atom. The number of unbranched alkanes of at least 4 members (excludes halogenated alkanes) is 45. The van der Waals surface area contributed by atoms with Crippen LogP contribution in [0.2, 0.25) is 0 Å². The van der Waals surface area contributed by atoms with Crippen molar-refractivity contribution in [3.8, 4) is 0 Å². The van der Waals surface area contributed by atoms with E-state index >= 15 is 0 Å². The van der Waals surface area contributed by atoms with E-state index in [9.17, 15) is 14.4 Å². The van der Waals surface area contributed by atoms with E-state index in [0.29, 0.717) is 12.8 Å². The third kappa shape index (κ3) is 65.9. The molecule has 0 aliphatic heterocycles. The molecule has 6 nitrogen and oxygen atoms in total. The van der Waals surface area contributed by atoms with Crippen molar-refractivity contribution in [2.75, 3.05) is 13.2 Å². The minimum atomic E-state index is -0.812. The molecule has 0 aromatic heterocycles. The molecule has 0 bridgehead atoms. The molecule has 0 aliphatic carbocycles. The lowest BCUT2D eigenvalue weighted by Gasteiger charge is -2.18. The standard InChI is InChI=1S/C74H134O6/c1-4-7-10-13-16-19-22-25-28-30-32-34-35-36-37-38-40-41-43-46-49-52-55-58-61-64-67-73(76)79-70-71(69-78-72(75)66-63-60-57-54-51-48-45-27-24-21-18-15-12-9-6-3)80-74(77)68-65-62-59-56-53-50-47-44-42-39-33-31-29-26-23-20-17-14-11-8-5-2/h9,12,18,21,27,45,51,54,60,63,71H,4-8,10-11,13-17,19-20,22-26,28-44,46-50,52-53,55-59,61-62,64-70H2,1-3H3/b12-9-,21-18-,45-27-,54-51-,63-60-. The molecule has 0 aliphatic rings. The van der Waals surface area contributed by atoms with Crippen molar-refractivity contribution in [3.63, 3.8) is 0 Å². The van der Waals surface area contributed by atoms with Gasteiger partial charge in [0.05, 0.1) is 6.42 Å². The molecule has 1 atom stereocenters. The van der Waals surface area contributed by atoms with Crippen LogP contribution in [0.15, 0.2) is 60.8 Å². The average molecular weight is 1120 g/mol. The topological polar surface area (TPSA) is 78.9 Å². The first-order valence-electron chi connectivity index (χ1n) is 35.3. The maximum Gasteiger partial charge on any atom is 0.309 e. The molecule has 0 spiro atoms. The second kappa shape index (κ2) is 68.6. The van der Waals surface area contributed by atoms with Gasteiger partial charge in [0.1, 0.15) is 13.2 Å². The quantitative estimate of drug-likeness (QED) is 0.0261. The molecule has 0 N–H and O–H groups in total. The Labute approximate surface area is 498 Å². The highest BCUT2D eigenvalue weighted by Gasteiger charge is 2.19. The third-order valence-electron chi connectivity index (χ3n) is 15.8. The van der Waals surface area contributed by atoms with Gasteiger partial charge in [-0.25, -0.2) is 0 Å². The van der Waals surface area contributed by atoms with Gasteiger partial charge in [-0.05, 0) is 44.9 Å². The summed E-state index contributed by atoms with van der Waals surface area (Å²) < 4.78 is 16.9. The number of hydrogen-bond donors (Lipinski definition) is 0. The van der Waals surface area contributed by atoms with Crippen LogP contribution in [0.5, 0.6) is 0 Å². The first-order valence-corrected chi connectivity index (χ1v) is 35.3. The van der Waals surface area contributed by atoms with Gasteiger partial charge < -0.3 is 14.2 Å². The van der Waals surface area contributed by atoms with Gasteiger partial charge in [-0.15, -0.1) is 0 Å². The van der Waals surface area contributed by atoms with Gasteiger partial charge in [-0.3, -0.25) is 14.4 Å². The lowest BCUT2D eigenvalue weighted by Crippen LogP contribution is -2.30. The molecule has 466 valence electrons. The normalized spacial score (nSPS) is 12.4. The Balaban J connectivity index is 4.30. The van der Waals surface area contributed by atoms with Crippen LogP contribution in [0.25, 0.3) is 0 Å². The average Bonchev–Trinajstić information content (AvgIpc) is 3.46. The van der Waals surface area contributed by atoms with Crippen molar-refractivity contribution in [1.82, 2.24) is 0 Å². The van der Waals surface area contributed by atoms with Crippen LogP contribution < -0.4 is 0 Å². The summed E-state index contributed by atoms with van der Waals surface area (Å²) in [6.45, 7) is 6.51. The molecule has 0 rings (SSSR count). The van der Waals surface area contributed by atoms with Gasteiger partial charge in [0.2, 0.25) is 0 Å². The van der Waals surface area contributed by atoms with Crippen molar-refractivity contribution in [1.29, 1.82) is 0 Å². The molecule has 0 saturated heterocycles. The van der Waals surface area contributed by atoms with Gasteiger partial charge in [-0.2, -0.15) is 0 Å². The molecule has 0 aromatic carbocycles. The van der Waals surface area contributed by atoms with Crippen LogP contribution in [-0.4, -0.2) is 37.2 Å². The van der Waals surface area contributed by atoms with E-state index < -0.39 is 12.1 Å². The van der Waals surface area contributed by atoms with E-state index in [1.54, 1.807) is 0 Å². The highest BCUT2D eigenvalue weighted by atomic mass is 16.6. The molecular weight excluding hydrogens is 985 g/mol. The van der Waals surface area contributed by atoms with Crippen LogP contribution >= 0.6 is 0 Å². The molecule has 1 unspecified atom stereocenters. The summed E-state index contributed by atoms with van der Waals surface area (Å²) in [4.78, 5) is 38.4. The Hall–Kier alpha value is -2.89. The molecule has 0 radical (unpaired) electrons. The van der Waals surface area contributed by atoms with Crippen LogP contribution in [0, 0.1) is 0 Å². The van der Waals surface area contributed by atoms with E-state index in [1.165, 1.54) is 263 Å². The Morgan fingerprint density at radius 1 is 0.263 bits per heavy atom. The van der Waals surface area contributed by atoms with Gasteiger partial charge in [0.15, 0.2) is 6.10 Å². The number of carbonyl (C=O) groups excluding carboxylic acids is 3. The molecule has 0 amide bonds. The predicted molar refractivity (Wildman–Crippen MR) is 348 cm³/mol. The maximum absolute atomic E-state index is 12.9. The fourth-order valence-electron chi connectivity index (χ4n) is 10.6. The molecule has 80 heavy (non-hydrogen) atoms. The molecule has 0 fully saturated rings. The SMILES string of the molecule is CC/C=C\C/C=C\C/C=C\C/C=C\C/C=C\CC(=O)OCC(COC(=O)CCCCCCCCCCCCCCCCCCCCCCCCCCCC)OC(=O)CCCCCCCCCCCCCCCCCCCCCCC. The molecule has 0 aromatic rings. The summed E-state index contributed by atoms with van der Waals surface area (Å²) in [5.41, 5.74) is 0. The Kier molecular flexibility index (Phi) is 66.1. The maximum atomic E-state index is 12.9. The fourth-order valence-corrected chi connectivity index (χ4v) is 10.6. The second-order valence-corrected chi connectivity index (χ2v) is 23.8. The zero-order chi connectivity index (χ0) is 57.8. The minimum absolute atomic E-state index is 0.0989. The van der Waals surface area contributed by atoms with E-state index in [1.807, 2.05) is 12.2 Å². The third-order valence-corrected chi connectivity index (χ3v) is 15.8. The number of rotatable bonds is 65. The van der Waals surface area contributed by atoms with E-state index in [4.69, 9.17) is 14.2 Å². The van der Waals surface area contributed by atoms with Crippen molar-refractivity contribution in [2.24, 2.45) is 0 Å². The summed E-state index contributed by atoms with van der Waals surface area (Å²) >= 11 is 0. The molecule has 0 heterocycles. The van der Waals surface area contributed by atoms with Crippen LogP contribution in [0.4, 0.5) is 0 Å². The van der Waals surface area contributed by atoms with Crippen LogP contribution in [0.1, 0.15) is 374 Å². The smallest absolute Gasteiger partial charge is 0.309 e. The van der Waals surface area contributed by atoms with Gasteiger partial charge in [0.25, 0.3) is 0 Å². The zero-order valence-corrected chi connectivity index (χ0v) is 53.6. The van der Waals surface area contributed by atoms with Gasteiger partial charge >= 0.3 is 17.9 Å². The van der Waals surface area contributed by atoms with Gasteiger partial charge in [-0.1, -0.05) is 370 Å². The first-order chi connectivity index (χ1) is 39.5. The number of hydrogen-bond acceptors (Lipinski definition) is 6. The van der Waals surface area contributed by atoms with Crippen molar-refractivity contribution < 1.29 is 28.6 Å². The molecule has 6 heteroatoms. The van der Waals surface area contributed by atoms with Crippen LogP contribution in [-0.2, 0) is 28.6 Å². The van der Waals surface area contributed by atoms with Crippen molar-refractivity contribution in [3.05, 3.63) is 60.8 Å². The number of carbonyl (C=O) groups is 3. The highest BCUT2D eigenvalue weighted by molar-refractivity contribution is 5.72. The van der Waals surface area contributed by atoms with E-state index in [2.05, 4.69) is 69.4 Å². The largest absolute Gasteiger partial charge is 0.462 e. The summed E-state index contributed by atoms with van der Waals surface area (Å²) in [6.07, 6.45) is 88.6. The number of esters is 3. The summed E-state index contributed by atoms with van der Waals surface area (Å²) in [5, 5.41) is 0. The fraction of sp³-hybridized carbons (Fsp3) is 0.824. The number of allylic oxidation sites excluding steroid dienone is 9.